The molecule has 2 amide bonds. The van der Waals surface area contributed by atoms with Crippen LogP contribution < -0.4 is 5.73 Å². The van der Waals surface area contributed by atoms with Crippen molar-refractivity contribution < 1.29 is 19.2 Å². The summed E-state index contributed by atoms with van der Waals surface area (Å²) in [6.45, 7) is 0.205. The quantitative estimate of drug-likeness (QED) is 0.201. The number of imide groups is 1. The number of halogens is 1. The van der Waals surface area contributed by atoms with Crippen LogP contribution in [-0.2, 0) is 19.2 Å². The third-order valence-corrected chi connectivity index (χ3v) is 5.00. The minimum atomic E-state index is -0.579. The number of nitrogens with two attached hydrogens (primary N) is 1. The second kappa shape index (κ2) is 8.35. The molecule has 0 aromatic heterocycles. The lowest BCUT2D eigenvalue weighted by Gasteiger charge is -2.14. The van der Waals surface area contributed by atoms with E-state index in [1.54, 1.807) is 24.3 Å². The predicted molar refractivity (Wildman–Crippen MR) is 99.6 cm³/mol. The Morgan fingerprint density at radius 2 is 1.74 bits per heavy atom. The maximum atomic E-state index is 12.3. The van der Waals surface area contributed by atoms with E-state index >= 15 is 0 Å². The molecule has 1 aromatic rings. The summed E-state index contributed by atoms with van der Waals surface area (Å²) in [5.74, 6) is -1.32. The Kier molecular flexibility index (Phi) is 5.91. The van der Waals surface area contributed by atoms with Crippen LogP contribution >= 0.6 is 11.6 Å². The Bertz CT molecular complexity index is 778. The van der Waals surface area contributed by atoms with Crippen LogP contribution in [0.5, 0.6) is 0 Å². The number of oxime groups is 1. The zero-order valence-corrected chi connectivity index (χ0v) is 15.4. The monoisotopic (exact) mass is 389 g/mol. The van der Waals surface area contributed by atoms with Gasteiger partial charge in [0.15, 0.2) is 5.84 Å². The van der Waals surface area contributed by atoms with Gasteiger partial charge in [-0.2, -0.15) is 0 Å². The molecular weight excluding hydrogens is 370 g/mol. The molecule has 0 spiro atoms. The van der Waals surface area contributed by atoms with Crippen LogP contribution in [0.4, 0.5) is 0 Å². The zero-order chi connectivity index (χ0) is 19.4. The fraction of sp³-hybridized carbons (Fsp3) is 0.368. The Morgan fingerprint density at radius 1 is 1.15 bits per heavy atom. The number of likely N-dealkylation sites (tertiary alicyclic amines) is 1. The Morgan fingerprint density at radius 3 is 2.33 bits per heavy atom. The average Bonchev–Trinajstić information content (AvgIpc) is 2.92. The van der Waals surface area contributed by atoms with Crippen molar-refractivity contribution in [1.82, 2.24) is 4.90 Å². The van der Waals surface area contributed by atoms with E-state index in [2.05, 4.69) is 5.16 Å². The van der Waals surface area contributed by atoms with Crippen LogP contribution in [0.1, 0.15) is 31.2 Å². The van der Waals surface area contributed by atoms with Gasteiger partial charge in [-0.15, -0.1) is 0 Å². The summed E-state index contributed by atoms with van der Waals surface area (Å²) in [4.78, 5) is 42.5. The van der Waals surface area contributed by atoms with Crippen molar-refractivity contribution in [2.24, 2.45) is 22.7 Å². The summed E-state index contributed by atoms with van der Waals surface area (Å²) < 4.78 is 0. The maximum absolute atomic E-state index is 12.3. The van der Waals surface area contributed by atoms with Crippen molar-refractivity contribution in [1.29, 1.82) is 0 Å². The first-order chi connectivity index (χ1) is 13.0. The molecular formula is C19H20ClN3O4. The number of carbonyl (C=O) groups excluding carboxylic acids is 3. The number of hydrogen-bond donors (Lipinski definition) is 1. The van der Waals surface area contributed by atoms with Crippen LogP contribution in [0.25, 0.3) is 0 Å². The van der Waals surface area contributed by atoms with Gasteiger partial charge in [0.2, 0.25) is 11.8 Å². The van der Waals surface area contributed by atoms with E-state index in [-0.39, 0.29) is 42.5 Å². The Hall–Kier alpha value is -2.67. The molecule has 0 bridgehead atoms. The molecule has 2 atom stereocenters. The first kappa shape index (κ1) is 19.1. The largest absolute Gasteiger partial charge is 0.380 e. The van der Waals surface area contributed by atoms with E-state index < -0.39 is 5.97 Å². The van der Waals surface area contributed by atoms with Gasteiger partial charge >= 0.3 is 5.97 Å². The Labute approximate surface area is 161 Å². The van der Waals surface area contributed by atoms with Crippen molar-refractivity contribution >= 4 is 35.2 Å². The maximum Gasteiger partial charge on any atom is 0.335 e. The highest BCUT2D eigenvalue weighted by molar-refractivity contribution is 6.30. The van der Waals surface area contributed by atoms with E-state index in [0.717, 1.165) is 0 Å². The SMILES string of the molecule is N/C(=N\OC(=O)CCCN1C(=O)[C@H]2CC=CC[C@H]2C1=O)c1ccc(Cl)cc1. The number of hydrogen-bond acceptors (Lipinski definition) is 5. The third kappa shape index (κ3) is 4.36. The molecule has 0 radical (unpaired) electrons. The molecule has 1 aromatic carbocycles. The lowest BCUT2D eigenvalue weighted by atomic mass is 9.85. The van der Waals surface area contributed by atoms with Crippen LogP contribution in [0.2, 0.25) is 5.02 Å². The standard InChI is InChI=1S/C19H20ClN3O4/c20-13-9-7-12(8-10-13)17(21)22-27-16(24)6-3-11-23-18(25)14-4-1-2-5-15(14)19(23)26/h1-2,7-10,14-15H,3-6,11H2,(H2,21,22)/t14-,15+. The number of benzene rings is 1. The summed E-state index contributed by atoms with van der Waals surface area (Å²) in [7, 11) is 0. The van der Waals surface area contributed by atoms with Gasteiger partial charge in [0.25, 0.3) is 0 Å². The second-order valence-corrected chi connectivity index (χ2v) is 6.97. The number of carbonyl (C=O) groups is 3. The highest BCUT2D eigenvalue weighted by atomic mass is 35.5. The summed E-state index contributed by atoms with van der Waals surface area (Å²) in [6.07, 6.45) is 5.44. The van der Waals surface area contributed by atoms with Crippen molar-refractivity contribution in [2.75, 3.05) is 6.54 Å². The molecule has 0 saturated carbocycles. The highest BCUT2D eigenvalue weighted by Crippen LogP contribution is 2.35. The van der Waals surface area contributed by atoms with Gasteiger partial charge in [-0.05, 0) is 43.5 Å². The highest BCUT2D eigenvalue weighted by Gasteiger charge is 2.46. The molecule has 0 unspecified atom stereocenters. The molecule has 7 nitrogen and oxygen atoms in total. The first-order valence-corrected chi connectivity index (χ1v) is 9.14. The molecule has 8 heteroatoms. The average molecular weight is 390 g/mol. The number of fused-ring (bicyclic) bond motifs is 1. The molecule has 1 aliphatic carbocycles. The molecule has 1 aliphatic heterocycles. The van der Waals surface area contributed by atoms with Gasteiger partial charge in [-0.1, -0.05) is 28.9 Å². The fourth-order valence-electron chi connectivity index (χ4n) is 3.29. The number of rotatable bonds is 6. The summed E-state index contributed by atoms with van der Waals surface area (Å²) in [5, 5.41) is 4.17. The molecule has 1 saturated heterocycles. The van der Waals surface area contributed by atoms with Crippen molar-refractivity contribution in [3.8, 4) is 0 Å². The fourth-order valence-corrected chi connectivity index (χ4v) is 3.42. The zero-order valence-electron chi connectivity index (χ0n) is 14.6. The van der Waals surface area contributed by atoms with Gasteiger partial charge in [0.05, 0.1) is 11.8 Å². The minimum Gasteiger partial charge on any atom is -0.380 e. The second-order valence-electron chi connectivity index (χ2n) is 6.53. The first-order valence-electron chi connectivity index (χ1n) is 8.77. The molecule has 2 aliphatic rings. The van der Waals surface area contributed by atoms with Crippen molar-refractivity contribution in [3.63, 3.8) is 0 Å². The van der Waals surface area contributed by atoms with Gasteiger partial charge in [-0.3, -0.25) is 14.5 Å². The molecule has 1 fully saturated rings. The molecule has 3 rings (SSSR count). The molecule has 142 valence electrons. The van der Waals surface area contributed by atoms with E-state index in [0.29, 0.717) is 29.8 Å². The van der Waals surface area contributed by atoms with Crippen LogP contribution in [0.15, 0.2) is 41.6 Å². The van der Waals surface area contributed by atoms with E-state index in [1.165, 1.54) is 4.90 Å². The van der Waals surface area contributed by atoms with Crippen molar-refractivity contribution in [3.05, 3.63) is 47.0 Å². The number of allylic oxidation sites excluding steroid dienone is 2. The van der Waals surface area contributed by atoms with Gasteiger partial charge in [-0.25, -0.2) is 4.79 Å². The lowest BCUT2D eigenvalue weighted by molar-refractivity contribution is -0.145. The van der Waals surface area contributed by atoms with Gasteiger partial charge in [0, 0.05) is 23.6 Å². The summed E-state index contributed by atoms with van der Waals surface area (Å²) in [6, 6.07) is 6.62. The molecule has 27 heavy (non-hydrogen) atoms. The van der Waals surface area contributed by atoms with E-state index in [9.17, 15) is 14.4 Å². The third-order valence-electron chi connectivity index (χ3n) is 4.75. The number of amides is 2. The molecule has 1 heterocycles. The molecule has 2 N–H and O–H groups in total. The van der Waals surface area contributed by atoms with Crippen LogP contribution in [0.3, 0.4) is 0 Å². The minimum absolute atomic E-state index is 0.0298. The number of nitrogens with zero attached hydrogens (tertiary/aromatic N) is 2. The van der Waals surface area contributed by atoms with Crippen molar-refractivity contribution in [2.45, 2.75) is 25.7 Å². The normalized spacial score (nSPS) is 22.1. The topological polar surface area (TPSA) is 102 Å². The van der Waals surface area contributed by atoms with Gasteiger partial charge < -0.3 is 10.6 Å². The lowest BCUT2D eigenvalue weighted by Crippen LogP contribution is -2.32. The van der Waals surface area contributed by atoms with Gasteiger partial charge in [0.1, 0.15) is 0 Å². The van der Waals surface area contributed by atoms with Crippen LogP contribution in [0, 0.1) is 11.8 Å². The summed E-state index contributed by atoms with van der Waals surface area (Å²) >= 11 is 5.79. The summed E-state index contributed by atoms with van der Waals surface area (Å²) in [5.41, 5.74) is 6.33. The van der Waals surface area contributed by atoms with Crippen LogP contribution in [-0.4, -0.2) is 35.1 Å². The predicted octanol–water partition coefficient (Wildman–Crippen LogP) is 2.23. The Balaban J connectivity index is 1.46. The number of amidine groups is 1. The van der Waals surface area contributed by atoms with E-state index in [4.69, 9.17) is 22.2 Å². The smallest absolute Gasteiger partial charge is 0.335 e. The van der Waals surface area contributed by atoms with E-state index in [1.807, 2.05) is 12.2 Å².